The van der Waals surface area contributed by atoms with Gasteiger partial charge in [-0.2, -0.15) is 0 Å². The number of amides is 2. The van der Waals surface area contributed by atoms with Crippen molar-refractivity contribution in [2.24, 2.45) is 0 Å². The van der Waals surface area contributed by atoms with Gasteiger partial charge in [0.25, 0.3) is 0 Å². The zero-order valence-electron chi connectivity index (χ0n) is 19.6. The van der Waals surface area contributed by atoms with Crippen molar-refractivity contribution in [1.29, 1.82) is 0 Å². The lowest BCUT2D eigenvalue weighted by Crippen LogP contribution is -2.19. The van der Waals surface area contributed by atoms with Gasteiger partial charge in [-0.1, -0.05) is 30.1 Å². The minimum absolute atomic E-state index is 0.301. The van der Waals surface area contributed by atoms with E-state index in [4.69, 9.17) is 30.3 Å². The lowest BCUT2D eigenvalue weighted by Gasteiger charge is -2.14. The van der Waals surface area contributed by atoms with Gasteiger partial charge >= 0.3 is 6.03 Å². The molecule has 0 aliphatic rings. The van der Waals surface area contributed by atoms with E-state index in [1.165, 1.54) is 0 Å². The van der Waals surface area contributed by atoms with E-state index in [-0.39, 0.29) is 0 Å². The Hall–Kier alpha value is -3.98. The smallest absolute Gasteiger partial charge is 0.324 e. The standard InChI is InChI=1S/C25H25ClN4O5/c1-4-5-10-33-23-14-20-17(13-22(23)32-3)21(8-9-27-20)34-16-6-7-19(18(26)12-16)28-25(31)29-24-11-15(2)35-30-24/h6-9,11-14H,4-5,10H2,1-3H3,(H2,28,29,30,31). The molecule has 182 valence electrons. The molecule has 0 bridgehead atoms. The summed E-state index contributed by atoms with van der Waals surface area (Å²) in [7, 11) is 1.59. The summed E-state index contributed by atoms with van der Waals surface area (Å²) in [5.41, 5.74) is 1.12. The van der Waals surface area contributed by atoms with Crippen LogP contribution in [0.3, 0.4) is 0 Å². The largest absolute Gasteiger partial charge is 0.493 e. The third-order valence-electron chi connectivity index (χ3n) is 5.03. The minimum atomic E-state index is -0.502. The van der Waals surface area contributed by atoms with Crippen LogP contribution in [0.1, 0.15) is 25.5 Å². The monoisotopic (exact) mass is 496 g/mol. The predicted octanol–water partition coefficient (Wildman–Crippen LogP) is 6.81. The first-order chi connectivity index (χ1) is 17.0. The molecule has 9 nitrogen and oxygen atoms in total. The highest BCUT2D eigenvalue weighted by Crippen LogP contribution is 2.38. The maximum Gasteiger partial charge on any atom is 0.324 e. The molecule has 0 unspecified atom stereocenters. The second kappa shape index (κ2) is 11.0. The molecule has 0 spiro atoms. The summed E-state index contributed by atoms with van der Waals surface area (Å²) in [6.45, 7) is 4.44. The fourth-order valence-corrected chi connectivity index (χ4v) is 3.52. The normalized spacial score (nSPS) is 10.7. The maximum atomic E-state index is 12.2. The number of hydrogen-bond donors (Lipinski definition) is 2. The van der Waals surface area contributed by atoms with Crippen molar-refractivity contribution in [1.82, 2.24) is 10.1 Å². The summed E-state index contributed by atoms with van der Waals surface area (Å²) in [4.78, 5) is 16.7. The van der Waals surface area contributed by atoms with Crippen LogP contribution in [0.25, 0.3) is 10.9 Å². The lowest BCUT2D eigenvalue weighted by molar-refractivity contribution is 0.262. The highest BCUT2D eigenvalue weighted by atomic mass is 35.5. The second-order valence-electron chi connectivity index (χ2n) is 7.68. The van der Waals surface area contributed by atoms with Gasteiger partial charge in [0.15, 0.2) is 17.3 Å². The summed E-state index contributed by atoms with van der Waals surface area (Å²) < 4.78 is 22.4. The first-order valence-electron chi connectivity index (χ1n) is 11.0. The van der Waals surface area contributed by atoms with E-state index in [2.05, 4.69) is 27.7 Å². The molecule has 0 aliphatic carbocycles. The average molecular weight is 497 g/mol. The molecule has 10 heteroatoms. The Morgan fingerprint density at radius 2 is 1.94 bits per heavy atom. The Labute approximate surface area is 207 Å². The van der Waals surface area contributed by atoms with Crippen LogP contribution < -0.4 is 24.8 Å². The fraction of sp³-hybridized carbons (Fsp3) is 0.240. The number of unbranched alkanes of at least 4 members (excludes halogenated alkanes) is 1. The molecule has 0 aliphatic heterocycles. The van der Waals surface area contributed by atoms with Crippen LogP contribution in [0.4, 0.5) is 16.3 Å². The Kier molecular flexibility index (Phi) is 7.57. The van der Waals surface area contributed by atoms with Gasteiger partial charge in [0.1, 0.15) is 17.3 Å². The number of hydrogen-bond acceptors (Lipinski definition) is 7. The third kappa shape index (κ3) is 5.93. The molecule has 35 heavy (non-hydrogen) atoms. The third-order valence-corrected chi connectivity index (χ3v) is 5.34. The summed E-state index contributed by atoms with van der Waals surface area (Å²) in [6, 6.07) is 11.5. The van der Waals surface area contributed by atoms with Gasteiger partial charge < -0.3 is 24.1 Å². The van der Waals surface area contributed by atoms with Crippen LogP contribution in [0, 0.1) is 6.92 Å². The number of halogens is 1. The number of nitrogens with one attached hydrogen (secondary N) is 2. The molecule has 4 aromatic rings. The van der Waals surface area contributed by atoms with Gasteiger partial charge in [0, 0.05) is 29.8 Å². The topological polar surface area (TPSA) is 108 Å². The van der Waals surface area contributed by atoms with Crippen molar-refractivity contribution in [3.8, 4) is 23.0 Å². The van der Waals surface area contributed by atoms with Crippen molar-refractivity contribution in [3.63, 3.8) is 0 Å². The molecule has 2 N–H and O–H groups in total. The van der Waals surface area contributed by atoms with Crippen LogP contribution in [-0.4, -0.2) is 29.9 Å². The van der Waals surface area contributed by atoms with Gasteiger partial charge in [-0.3, -0.25) is 10.3 Å². The maximum absolute atomic E-state index is 12.2. The van der Waals surface area contributed by atoms with E-state index in [9.17, 15) is 4.79 Å². The molecular weight excluding hydrogens is 472 g/mol. The van der Waals surface area contributed by atoms with Crippen LogP contribution in [0.2, 0.25) is 5.02 Å². The summed E-state index contributed by atoms with van der Waals surface area (Å²) in [5, 5.41) is 10.0. The van der Waals surface area contributed by atoms with E-state index < -0.39 is 6.03 Å². The van der Waals surface area contributed by atoms with E-state index in [1.54, 1.807) is 50.6 Å². The first kappa shape index (κ1) is 24.2. The molecule has 0 saturated heterocycles. The number of pyridine rings is 1. The highest BCUT2D eigenvalue weighted by Gasteiger charge is 2.14. The molecule has 4 rings (SSSR count). The molecule has 0 atom stereocenters. The molecule has 2 amide bonds. The van der Waals surface area contributed by atoms with Crippen molar-refractivity contribution < 1.29 is 23.5 Å². The van der Waals surface area contributed by atoms with Crippen LogP contribution in [-0.2, 0) is 0 Å². The van der Waals surface area contributed by atoms with Crippen LogP contribution in [0.15, 0.2) is 53.2 Å². The number of anilines is 2. The molecular formula is C25H25ClN4O5. The number of nitrogens with zero attached hydrogens (tertiary/aromatic N) is 2. The first-order valence-corrected chi connectivity index (χ1v) is 11.4. The highest BCUT2D eigenvalue weighted by molar-refractivity contribution is 6.34. The Bertz CT molecular complexity index is 1340. The molecule has 2 heterocycles. The van der Waals surface area contributed by atoms with Crippen molar-refractivity contribution in [3.05, 3.63) is 59.4 Å². The number of carbonyl (C=O) groups excluding carboxylic acids is 1. The Morgan fingerprint density at radius 3 is 2.66 bits per heavy atom. The number of carbonyl (C=O) groups is 1. The van der Waals surface area contributed by atoms with Crippen molar-refractivity contribution in [2.75, 3.05) is 24.4 Å². The molecule has 2 aromatic heterocycles. The number of fused-ring (bicyclic) bond motifs is 1. The number of rotatable bonds is 9. The van der Waals surface area contributed by atoms with Gasteiger partial charge in [0.2, 0.25) is 0 Å². The number of ether oxygens (including phenoxy) is 3. The van der Waals surface area contributed by atoms with Gasteiger partial charge in [-0.05, 0) is 37.6 Å². The number of benzene rings is 2. The number of aryl methyl sites for hydroxylation is 1. The lowest BCUT2D eigenvalue weighted by atomic mass is 10.1. The van der Waals surface area contributed by atoms with E-state index in [0.717, 1.165) is 18.2 Å². The Morgan fingerprint density at radius 1 is 1.09 bits per heavy atom. The van der Waals surface area contributed by atoms with E-state index in [1.807, 2.05) is 12.1 Å². The number of urea groups is 1. The van der Waals surface area contributed by atoms with Crippen LogP contribution >= 0.6 is 11.6 Å². The molecule has 2 aromatic carbocycles. The molecule has 0 saturated carbocycles. The predicted molar refractivity (Wildman–Crippen MR) is 134 cm³/mol. The van der Waals surface area contributed by atoms with E-state index in [0.29, 0.717) is 57.4 Å². The second-order valence-corrected chi connectivity index (χ2v) is 8.08. The summed E-state index contributed by atoms with van der Waals surface area (Å²) >= 11 is 6.39. The van der Waals surface area contributed by atoms with Gasteiger partial charge in [0.05, 0.1) is 29.9 Å². The molecule has 0 fully saturated rings. The average Bonchev–Trinajstić information content (AvgIpc) is 3.25. The quantitative estimate of drug-likeness (QED) is 0.245. The fourth-order valence-electron chi connectivity index (χ4n) is 3.30. The van der Waals surface area contributed by atoms with Gasteiger partial charge in [-0.15, -0.1) is 0 Å². The number of methoxy groups -OCH3 is 1. The zero-order chi connectivity index (χ0) is 24.8. The zero-order valence-corrected chi connectivity index (χ0v) is 20.3. The summed E-state index contributed by atoms with van der Waals surface area (Å²) in [6.07, 6.45) is 3.65. The van der Waals surface area contributed by atoms with Crippen molar-refractivity contribution >= 4 is 40.0 Å². The van der Waals surface area contributed by atoms with E-state index >= 15 is 0 Å². The van der Waals surface area contributed by atoms with Gasteiger partial charge in [-0.25, -0.2) is 4.79 Å². The van der Waals surface area contributed by atoms with Crippen LogP contribution in [0.5, 0.6) is 23.0 Å². The van der Waals surface area contributed by atoms with Crippen molar-refractivity contribution in [2.45, 2.75) is 26.7 Å². The molecule has 0 radical (unpaired) electrons. The minimum Gasteiger partial charge on any atom is -0.493 e. The SMILES string of the molecule is CCCCOc1cc2nccc(Oc3ccc(NC(=O)Nc4cc(C)on4)c(Cl)c3)c2cc1OC. The summed E-state index contributed by atoms with van der Waals surface area (Å²) in [5.74, 6) is 3.18. The Balaban J connectivity index is 1.51. The number of aromatic nitrogens is 2.